The summed E-state index contributed by atoms with van der Waals surface area (Å²) in [7, 11) is 1.55. The molecule has 1 aromatic carbocycles. The van der Waals surface area contributed by atoms with Crippen LogP contribution in [-0.4, -0.2) is 63.8 Å². The van der Waals surface area contributed by atoms with Crippen molar-refractivity contribution in [3.8, 4) is 11.6 Å². The van der Waals surface area contributed by atoms with Crippen LogP contribution in [0.3, 0.4) is 0 Å². The minimum atomic E-state index is -0.0832. The molecule has 0 N–H and O–H groups in total. The van der Waals surface area contributed by atoms with E-state index in [1.807, 2.05) is 30.2 Å². The van der Waals surface area contributed by atoms with Gasteiger partial charge >= 0.3 is 0 Å². The first-order valence-corrected chi connectivity index (χ1v) is 9.66. The van der Waals surface area contributed by atoms with Gasteiger partial charge in [0.15, 0.2) is 5.82 Å². The van der Waals surface area contributed by atoms with Crippen molar-refractivity contribution in [1.82, 2.24) is 24.6 Å². The van der Waals surface area contributed by atoms with Crippen LogP contribution in [0.15, 0.2) is 42.7 Å². The van der Waals surface area contributed by atoms with Crippen LogP contribution >= 0.6 is 11.6 Å². The number of rotatable bonds is 4. The Hall–Kier alpha value is -3.13. The molecule has 1 aliphatic heterocycles. The molecule has 1 saturated heterocycles. The van der Waals surface area contributed by atoms with Crippen molar-refractivity contribution in [3.05, 3.63) is 59.1 Å². The molecule has 0 atom stereocenters. The van der Waals surface area contributed by atoms with Crippen molar-refractivity contribution in [2.24, 2.45) is 0 Å². The minimum absolute atomic E-state index is 0.0832. The average Bonchev–Trinajstić information content (AvgIpc) is 3.28. The quantitative estimate of drug-likeness (QED) is 0.655. The molecule has 29 heavy (non-hydrogen) atoms. The summed E-state index contributed by atoms with van der Waals surface area (Å²) < 4.78 is 7.03. The van der Waals surface area contributed by atoms with E-state index in [4.69, 9.17) is 16.3 Å². The second-order valence-corrected chi connectivity index (χ2v) is 7.14. The number of aromatic nitrogens is 4. The van der Waals surface area contributed by atoms with Crippen LogP contribution in [0.5, 0.6) is 5.75 Å². The highest BCUT2D eigenvalue weighted by atomic mass is 35.5. The zero-order valence-electron chi connectivity index (χ0n) is 16.2. The highest BCUT2D eigenvalue weighted by Gasteiger charge is 2.25. The van der Waals surface area contributed by atoms with Crippen LogP contribution < -0.4 is 9.64 Å². The van der Waals surface area contributed by atoms with Gasteiger partial charge in [0.1, 0.15) is 17.4 Å². The standard InChI is InChI=1S/C20H21ClN6O2/c1-14-23-18(13-19(24-14)27-7-3-6-22-27)25-8-10-26(11-9-25)20(28)16-12-15(21)4-5-17(16)29-2/h3-7,12-13H,8-11H2,1-2H3. The molecular weight excluding hydrogens is 392 g/mol. The topological polar surface area (TPSA) is 76.4 Å². The molecule has 2 aromatic heterocycles. The predicted molar refractivity (Wildman–Crippen MR) is 110 cm³/mol. The first-order chi connectivity index (χ1) is 14.0. The number of methoxy groups -OCH3 is 1. The lowest BCUT2D eigenvalue weighted by Crippen LogP contribution is -2.49. The Labute approximate surface area is 173 Å². The van der Waals surface area contributed by atoms with Gasteiger partial charge in [-0.1, -0.05) is 11.6 Å². The van der Waals surface area contributed by atoms with E-state index in [-0.39, 0.29) is 5.91 Å². The molecular formula is C20H21ClN6O2. The maximum Gasteiger partial charge on any atom is 0.257 e. The number of nitrogens with zero attached hydrogens (tertiary/aromatic N) is 6. The fraction of sp³-hybridized carbons (Fsp3) is 0.300. The minimum Gasteiger partial charge on any atom is -0.496 e. The lowest BCUT2D eigenvalue weighted by atomic mass is 10.1. The lowest BCUT2D eigenvalue weighted by molar-refractivity contribution is 0.0743. The van der Waals surface area contributed by atoms with Crippen LogP contribution in [0.25, 0.3) is 5.82 Å². The molecule has 9 heteroatoms. The molecule has 8 nitrogen and oxygen atoms in total. The molecule has 4 rings (SSSR count). The van der Waals surface area contributed by atoms with E-state index in [1.54, 1.807) is 36.2 Å². The van der Waals surface area contributed by atoms with Crippen molar-refractivity contribution in [2.75, 3.05) is 38.2 Å². The SMILES string of the molecule is COc1ccc(Cl)cc1C(=O)N1CCN(c2cc(-n3cccn3)nc(C)n2)CC1. The first kappa shape index (κ1) is 19.2. The summed E-state index contributed by atoms with van der Waals surface area (Å²) in [5.74, 6) is 2.67. The number of carbonyl (C=O) groups is 1. The Morgan fingerprint density at radius 3 is 2.55 bits per heavy atom. The van der Waals surface area contributed by atoms with Gasteiger partial charge in [0.05, 0.1) is 12.7 Å². The third-order valence-electron chi connectivity index (χ3n) is 4.83. The summed E-state index contributed by atoms with van der Waals surface area (Å²) in [6.07, 6.45) is 3.56. The van der Waals surface area contributed by atoms with Crippen molar-refractivity contribution in [3.63, 3.8) is 0 Å². The smallest absolute Gasteiger partial charge is 0.257 e. The number of benzene rings is 1. The van der Waals surface area contributed by atoms with E-state index in [0.29, 0.717) is 48.3 Å². The van der Waals surface area contributed by atoms with Crippen molar-refractivity contribution in [2.45, 2.75) is 6.92 Å². The average molecular weight is 413 g/mol. The van der Waals surface area contributed by atoms with Gasteiger partial charge in [-0.15, -0.1) is 0 Å². The summed E-state index contributed by atoms with van der Waals surface area (Å²) in [6.45, 7) is 4.36. The van der Waals surface area contributed by atoms with Crippen LogP contribution in [0.4, 0.5) is 5.82 Å². The molecule has 0 radical (unpaired) electrons. The monoisotopic (exact) mass is 412 g/mol. The van der Waals surface area contributed by atoms with E-state index < -0.39 is 0 Å². The Balaban J connectivity index is 1.49. The van der Waals surface area contributed by atoms with Crippen molar-refractivity contribution in [1.29, 1.82) is 0 Å². The maximum absolute atomic E-state index is 13.0. The number of hydrogen-bond donors (Lipinski definition) is 0. The number of hydrogen-bond acceptors (Lipinski definition) is 6. The van der Waals surface area contributed by atoms with E-state index in [2.05, 4.69) is 20.0 Å². The third-order valence-corrected chi connectivity index (χ3v) is 5.07. The van der Waals surface area contributed by atoms with Crippen LogP contribution in [0.2, 0.25) is 5.02 Å². The normalized spacial score (nSPS) is 14.2. The molecule has 0 unspecified atom stereocenters. The summed E-state index contributed by atoms with van der Waals surface area (Å²) in [6, 6.07) is 8.85. The molecule has 150 valence electrons. The highest BCUT2D eigenvalue weighted by molar-refractivity contribution is 6.31. The number of carbonyl (C=O) groups excluding carboxylic acids is 1. The fourth-order valence-electron chi connectivity index (χ4n) is 3.38. The molecule has 0 spiro atoms. The van der Waals surface area contributed by atoms with Crippen LogP contribution in [0.1, 0.15) is 16.2 Å². The fourth-order valence-corrected chi connectivity index (χ4v) is 3.55. The second-order valence-electron chi connectivity index (χ2n) is 6.71. The number of halogens is 1. The first-order valence-electron chi connectivity index (χ1n) is 9.28. The molecule has 3 heterocycles. The van der Waals surface area contributed by atoms with Gasteiger partial charge in [0.2, 0.25) is 0 Å². The van der Waals surface area contributed by atoms with E-state index >= 15 is 0 Å². The molecule has 0 aliphatic carbocycles. The van der Waals surface area contributed by atoms with E-state index in [9.17, 15) is 4.79 Å². The lowest BCUT2D eigenvalue weighted by Gasteiger charge is -2.35. The number of piperazine rings is 1. The Kier molecular flexibility index (Phi) is 5.35. The Morgan fingerprint density at radius 2 is 1.86 bits per heavy atom. The van der Waals surface area contributed by atoms with Gasteiger partial charge in [0, 0.05) is 49.7 Å². The van der Waals surface area contributed by atoms with E-state index in [0.717, 1.165) is 11.6 Å². The van der Waals surface area contributed by atoms with Crippen molar-refractivity contribution >= 4 is 23.3 Å². The zero-order chi connectivity index (χ0) is 20.4. The molecule has 1 amide bonds. The second kappa shape index (κ2) is 8.08. The predicted octanol–water partition coefficient (Wildman–Crippen LogP) is 2.60. The van der Waals surface area contributed by atoms with Crippen molar-refractivity contribution < 1.29 is 9.53 Å². The molecule has 3 aromatic rings. The van der Waals surface area contributed by atoms with Gasteiger partial charge in [-0.25, -0.2) is 14.6 Å². The molecule has 0 saturated carbocycles. The number of amides is 1. The van der Waals surface area contributed by atoms with Crippen LogP contribution in [0, 0.1) is 6.92 Å². The molecule has 1 aliphatic rings. The van der Waals surface area contributed by atoms with Gasteiger partial charge in [0.25, 0.3) is 5.91 Å². The number of aryl methyl sites for hydroxylation is 1. The van der Waals surface area contributed by atoms with Crippen LogP contribution in [-0.2, 0) is 0 Å². The Morgan fingerprint density at radius 1 is 1.10 bits per heavy atom. The third kappa shape index (κ3) is 4.02. The molecule has 0 bridgehead atoms. The largest absolute Gasteiger partial charge is 0.496 e. The maximum atomic E-state index is 13.0. The van der Waals surface area contributed by atoms with Gasteiger partial charge in [-0.05, 0) is 31.2 Å². The van der Waals surface area contributed by atoms with Gasteiger partial charge in [-0.2, -0.15) is 5.10 Å². The summed E-state index contributed by atoms with van der Waals surface area (Å²) in [5.41, 5.74) is 0.479. The van der Waals surface area contributed by atoms with Gasteiger partial charge in [-0.3, -0.25) is 4.79 Å². The molecule has 1 fully saturated rings. The highest BCUT2D eigenvalue weighted by Crippen LogP contribution is 2.25. The van der Waals surface area contributed by atoms with Gasteiger partial charge < -0.3 is 14.5 Å². The number of anilines is 1. The Bertz CT molecular complexity index is 1020. The summed E-state index contributed by atoms with van der Waals surface area (Å²) in [4.78, 5) is 26.0. The summed E-state index contributed by atoms with van der Waals surface area (Å²) >= 11 is 6.08. The number of ether oxygens (including phenoxy) is 1. The van der Waals surface area contributed by atoms with E-state index in [1.165, 1.54) is 0 Å². The zero-order valence-corrected chi connectivity index (χ0v) is 17.0. The summed E-state index contributed by atoms with van der Waals surface area (Å²) in [5, 5.41) is 4.75.